The van der Waals surface area contributed by atoms with Gasteiger partial charge in [0, 0.05) is 25.0 Å². The topological polar surface area (TPSA) is 85.4 Å². The summed E-state index contributed by atoms with van der Waals surface area (Å²) in [6.07, 6.45) is 0. The van der Waals surface area contributed by atoms with Gasteiger partial charge in [-0.1, -0.05) is 18.2 Å². The van der Waals surface area contributed by atoms with Gasteiger partial charge < -0.3 is 20.1 Å². The van der Waals surface area contributed by atoms with E-state index in [0.717, 1.165) is 17.2 Å². The van der Waals surface area contributed by atoms with Crippen LogP contribution in [0.2, 0.25) is 0 Å². The molecule has 2 aromatic carbocycles. The number of hydrogen-bond acceptors (Lipinski definition) is 6. The number of nitrogens with one attached hydrogen (secondary N) is 2. The molecule has 3 rings (SSSR count). The molecular weight excluding hydrogens is 356 g/mol. The van der Waals surface area contributed by atoms with E-state index < -0.39 is 0 Å². The molecule has 0 saturated carbocycles. The fraction of sp³-hybridized carbons (Fsp3) is 0.190. The lowest BCUT2D eigenvalue weighted by molar-refractivity contribution is 0.0932. The van der Waals surface area contributed by atoms with Gasteiger partial charge >= 0.3 is 0 Å². The van der Waals surface area contributed by atoms with E-state index in [1.807, 2.05) is 61.5 Å². The number of ether oxygens (including phenoxy) is 2. The SMILES string of the molecule is COCCNC(=O)c1cc(C)nc(Nc2ccc(Oc3ccccc3)cc2)n1. The average molecular weight is 378 g/mol. The molecule has 0 bridgehead atoms. The Labute approximate surface area is 163 Å². The molecule has 0 atom stereocenters. The maximum atomic E-state index is 12.2. The van der Waals surface area contributed by atoms with Gasteiger partial charge in [0.25, 0.3) is 5.91 Å². The molecule has 0 spiro atoms. The molecule has 0 unspecified atom stereocenters. The molecule has 144 valence electrons. The van der Waals surface area contributed by atoms with E-state index in [2.05, 4.69) is 20.6 Å². The zero-order valence-corrected chi connectivity index (χ0v) is 15.8. The summed E-state index contributed by atoms with van der Waals surface area (Å²) in [6.45, 7) is 2.68. The Kier molecular flexibility index (Phi) is 6.54. The first-order valence-electron chi connectivity index (χ1n) is 8.87. The highest BCUT2D eigenvalue weighted by molar-refractivity contribution is 5.92. The minimum absolute atomic E-state index is 0.266. The lowest BCUT2D eigenvalue weighted by Gasteiger charge is -2.10. The molecule has 1 aromatic heterocycles. The van der Waals surface area contributed by atoms with Gasteiger partial charge in [-0.3, -0.25) is 4.79 Å². The number of aryl methyl sites for hydroxylation is 1. The smallest absolute Gasteiger partial charge is 0.270 e. The van der Waals surface area contributed by atoms with Gasteiger partial charge in [-0.2, -0.15) is 0 Å². The van der Waals surface area contributed by atoms with Crippen LogP contribution >= 0.6 is 0 Å². The number of methoxy groups -OCH3 is 1. The maximum absolute atomic E-state index is 12.2. The lowest BCUT2D eigenvalue weighted by atomic mass is 10.3. The quantitative estimate of drug-likeness (QED) is 0.582. The van der Waals surface area contributed by atoms with Crippen molar-refractivity contribution >= 4 is 17.5 Å². The zero-order chi connectivity index (χ0) is 19.8. The molecule has 0 aliphatic carbocycles. The van der Waals surface area contributed by atoms with E-state index >= 15 is 0 Å². The summed E-state index contributed by atoms with van der Waals surface area (Å²) in [5, 5.41) is 5.87. The highest BCUT2D eigenvalue weighted by atomic mass is 16.5. The largest absolute Gasteiger partial charge is 0.457 e. The average Bonchev–Trinajstić information content (AvgIpc) is 2.70. The van der Waals surface area contributed by atoms with Crippen molar-refractivity contribution in [2.45, 2.75) is 6.92 Å². The van der Waals surface area contributed by atoms with Gasteiger partial charge in [-0.15, -0.1) is 0 Å². The number of aromatic nitrogens is 2. The Balaban J connectivity index is 1.66. The number of anilines is 2. The first-order chi connectivity index (χ1) is 13.6. The Morgan fingerprint density at radius 3 is 2.43 bits per heavy atom. The first-order valence-corrected chi connectivity index (χ1v) is 8.87. The number of para-hydroxylation sites is 1. The van der Waals surface area contributed by atoms with Crippen molar-refractivity contribution in [2.24, 2.45) is 0 Å². The van der Waals surface area contributed by atoms with E-state index in [1.165, 1.54) is 0 Å². The third-order valence-corrected chi connectivity index (χ3v) is 3.77. The molecule has 7 nitrogen and oxygen atoms in total. The van der Waals surface area contributed by atoms with E-state index in [4.69, 9.17) is 9.47 Å². The van der Waals surface area contributed by atoms with Crippen LogP contribution in [0, 0.1) is 6.92 Å². The van der Waals surface area contributed by atoms with Crippen LogP contribution in [-0.4, -0.2) is 36.1 Å². The Hall–Kier alpha value is -3.45. The summed E-state index contributed by atoms with van der Waals surface area (Å²) in [4.78, 5) is 20.8. The fourth-order valence-electron chi connectivity index (χ4n) is 2.46. The number of nitrogens with zero attached hydrogens (tertiary/aromatic N) is 2. The van der Waals surface area contributed by atoms with Gasteiger partial charge in [0.05, 0.1) is 6.61 Å². The minimum Gasteiger partial charge on any atom is -0.457 e. The van der Waals surface area contributed by atoms with Crippen molar-refractivity contribution < 1.29 is 14.3 Å². The molecule has 0 radical (unpaired) electrons. The molecule has 0 saturated heterocycles. The van der Waals surface area contributed by atoms with Crippen LogP contribution in [0.15, 0.2) is 60.7 Å². The number of rotatable bonds is 8. The van der Waals surface area contributed by atoms with Gasteiger partial charge in [-0.05, 0) is 49.4 Å². The predicted molar refractivity (Wildman–Crippen MR) is 107 cm³/mol. The highest BCUT2D eigenvalue weighted by Gasteiger charge is 2.10. The molecule has 2 N–H and O–H groups in total. The van der Waals surface area contributed by atoms with Crippen LogP contribution in [0.3, 0.4) is 0 Å². The number of benzene rings is 2. The second-order valence-electron chi connectivity index (χ2n) is 6.03. The molecule has 0 fully saturated rings. The van der Waals surface area contributed by atoms with Gasteiger partial charge in [-0.25, -0.2) is 9.97 Å². The Morgan fingerprint density at radius 1 is 1.00 bits per heavy atom. The number of carbonyl (C=O) groups excluding carboxylic acids is 1. The normalized spacial score (nSPS) is 10.4. The molecule has 3 aromatic rings. The van der Waals surface area contributed by atoms with Gasteiger partial charge in [0.1, 0.15) is 17.2 Å². The molecule has 0 aliphatic heterocycles. The van der Waals surface area contributed by atoms with Crippen LogP contribution in [-0.2, 0) is 4.74 Å². The van der Waals surface area contributed by atoms with Gasteiger partial charge in [0.15, 0.2) is 0 Å². The van der Waals surface area contributed by atoms with E-state index in [-0.39, 0.29) is 5.91 Å². The van der Waals surface area contributed by atoms with E-state index in [0.29, 0.717) is 30.5 Å². The summed E-state index contributed by atoms with van der Waals surface area (Å²) in [7, 11) is 1.58. The summed E-state index contributed by atoms with van der Waals surface area (Å²) in [5.74, 6) is 1.58. The van der Waals surface area contributed by atoms with Crippen molar-refractivity contribution in [3.05, 3.63) is 72.1 Å². The number of hydrogen-bond donors (Lipinski definition) is 2. The second-order valence-corrected chi connectivity index (χ2v) is 6.03. The summed E-state index contributed by atoms with van der Waals surface area (Å²) < 4.78 is 10.7. The summed E-state index contributed by atoms with van der Waals surface area (Å²) in [5.41, 5.74) is 1.78. The van der Waals surface area contributed by atoms with Crippen LogP contribution in [0.1, 0.15) is 16.2 Å². The van der Waals surface area contributed by atoms with Crippen LogP contribution in [0.4, 0.5) is 11.6 Å². The highest BCUT2D eigenvalue weighted by Crippen LogP contribution is 2.23. The molecule has 7 heteroatoms. The van der Waals surface area contributed by atoms with Gasteiger partial charge in [0.2, 0.25) is 5.95 Å². The van der Waals surface area contributed by atoms with Crippen molar-refractivity contribution in [3.63, 3.8) is 0 Å². The third-order valence-electron chi connectivity index (χ3n) is 3.77. The van der Waals surface area contributed by atoms with Crippen molar-refractivity contribution in [1.29, 1.82) is 0 Å². The van der Waals surface area contributed by atoms with Crippen molar-refractivity contribution in [2.75, 3.05) is 25.6 Å². The zero-order valence-electron chi connectivity index (χ0n) is 15.8. The van der Waals surface area contributed by atoms with Crippen LogP contribution < -0.4 is 15.4 Å². The van der Waals surface area contributed by atoms with Crippen LogP contribution in [0.25, 0.3) is 0 Å². The first kappa shape index (κ1) is 19.3. The monoisotopic (exact) mass is 378 g/mol. The Bertz CT molecular complexity index is 915. The molecular formula is C21H22N4O3. The summed E-state index contributed by atoms with van der Waals surface area (Å²) in [6, 6.07) is 18.6. The second kappa shape index (κ2) is 9.48. The number of amides is 1. The lowest BCUT2D eigenvalue weighted by Crippen LogP contribution is -2.28. The van der Waals surface area contributed by atoms with Crippen molar-refractivity contribution in [1.82, 2.24) is 15.3 Å². The van der Waals surface area contributed by atoms with Crippen molar-refractivity contribution in [3.8, 4) is 11.5 Å². The molecule has 1 heterocycles. The third kappa shape index (κ3) is 5.52. The van der Waals surface area contributed by atoms with E-state index in [9.17, 15) is 4.79 Å². The minimum atomic E-state index is -0.266. The standard InChI is InChI=1S/C21H22N4O3/c1-15-14-19(20(26)22-12-13-27-2)25-21(23-15)24-16-8-10-18(11-9-16)28-17-6-4-3-5-7-17/h3-11,14H,12-13H2,1-2H3,(H,22,26)(H,23,24,25). The van der Waals surface area contributed by atoms with E-state index in [1.54, 1.807) is 13.2 Å². The maximum Gasteiger partial charge on any atom is 0.270 e. The molecule has 28 heavy (non-hydrogen) atoms. The molecule has 0 aliphatic rings. The van der Waals surface area contributed by atoms with Crippen LogP contribution in [0.5, 0.6) is 11.5 Å². The Morgan fingerprint density at radius 2 is 1.71 bits per heavy atom. The molecule has 1 amide bonds. The fourth-order valence-corrected chi connectivity index (χ4v) is 2.46. The number of carbonyl (C=O) groups is 1. The summed E-state index contributed by atoms with van der Waals surface area (Å²) >= 11 is 0. The predicted octanol–water partition coefficient (Wildman–Crippen LogP) is 3.70.